The van der Waals surface area contributed by atoms with Gasteiger partial charge in [0.1, 0.15) is 0 Å². The summed E-state index contributed by atoms with van der Waals surface area (Å²) in [6.45, 7) is 14.8. The molecule has 0 aliphatic carbocycles. The second-order valence-corrected chi connectivity index (χ2v) is 13.6. The van der Waals surface area contributed by atoms with Crippen LogP contribution in [0.25, 0.3) is 0 Å². The van der Waals surface area contributed by atoms with Crippen molar-refractivity contribution in [2.24, 2.45) is 0 Å². The van der Waals surface area contributed by atoms with E-state index in [1.54, 1.807) is 0 Å². The number of carbonyl (C=O) groups is 6. The number of benzene rings is 1. The van der Waals surface area contributed by atoms with Gasteiger partial charge >= 0.3 is 35.8 Å². The van der Waals surface area contributed by atoms with E-state index in [1.807, 2.05) is 0 Å². The summed E-state index contributed by atoms with van der Waals surface area (Å²) in [6, 6.07) is 0. The smallest absolute Gasteiger partial charge is 0.344 e. The van der Waals surface area contributed by atoms with Crippen LogP contribution in [0.1, 0.15) is 181 Å². The molecule has 0 spiro atoms. The number of rotatable bonds is 27. The summed E-state index contributed by atoms with van der Waals surface area (Å²) < 4.78 is 15.9. The van der Waals surface area contributed by atoms with Gasteiger partial charge in [-0.25, -0.2) is 19.2 Å². The third-order valence-corrected chi connectivity index (χ3v) is 8.87. The average Bonchev–Trinajstić information content (AvgIpc) is 3.10. The van der Waals surface area contributed by atoms with Gasteiger partial charge in [-0.3, -0.25) is 9.59 Å². The first kappa shape index (κ1) is 50.0. The van der Waals surface area contributed by atoms with Gasteiger partial charge in [-0.2, -0.15) is 0 Å². The van der Waals surface area contributed by atoms with Crippen LogP contribution in [-0.4, -0.2) is 81.2 Å². The summed E-state index contributed by atoms with van der Waals surface area (Å²) in [4.78, 5) is 70.0. The molecule has 13 heteroatoms. The Labute approximate surface area is 321 Å². The molecule has 1 aromatic carbocycles. The Kier molecular flexibility index (Phi) is 25.5. The summed E-state index contributed by atoms with van der Waals surface area (Å²) in [5.74, 6) is -7.00. The largest absolute Gasteiger partial charge is 0.481 e. The third kappa shape index (κ3) is 17.4. The van der Waals surface area contributed by atoms with Gasteiger partial charge in [-0.05, 0) is 93.4 Å². The van der Waals surface area contributed by atoms with Crippen LogP contribution in [0.5, 0.6) is 0 Å². The number of carbonyl (C=O) groups excluding carboxylic acids is 3. The van der Waals surface area contributed by atoms with Crippen LogP contribution in [0.2, 0.25) is 0 Å². The van der Waals surface area contributed by atoms with E-state index in [4.69, 9.17) is 24.8 Å². The van der Waals surface area contributed by atoms with Crippen molar-refractivity contribution in [3.8, 4) is 0 Å². The fourth-order valence-electron chi connectivity index (χ4n) is 5.74. The van der Waals surface area contributed by atoms with Gasteiger partial charge in [0.05, 0.1) is 37.2 Å². The van der Waals surface area contributed by atoms with Crippen LogP contribution in [0.3, 0.4) is 0 Å². The van der Waals surface area contributed by atoms with Gasteiger partial charge in [0, 0.05) is 0 Å². The highest BCUT2D eigenvalue weighted by Gasteiger charge is 2.42. The fourth-order valence-corrected chi connectivity index (χ4v) is 5.74. The standard InChI is InChI=1S/C32H54O4.C9H12O9/c1-7-13-19-25-26(20-14-8-2)28(22-16-10-4)30(32(34)36-24-18-12-6)29(27(25)21-15-9-3)31(33)35-23-17-11-5;1-4(7(13)14)18-6(12)3-9(17,8(15)16)2-5(10)11/h7-24H2,1-6H3;4,17H,2-3H2,1H3,(H,10,11)(H,13,14)(H,15,16). The number of esters is 3. The Morgan fingerprint density at radius 2 is 0.907 bits per heavy atom. The number of hydrogen-bond donors (Lipinski definition) is 4. The first-order chi connectivity index (χ1) is 25.6. The minimum absolute atomic E-state index is 0.338. The molecule has 0 heterocycles. The summed E-state index contributed by atoms with van der Waals surface area (Å²) in [5.41, 5.74) is 2.94. The quantitative estimate of drug-likeness (QED) is 0.0385. The highest BCUT2D eigenvalue weighted by atomic mass is 16.6. The number of aliphatic carboxylic acids is 3. The molecule has 0 saturated carbocycles. The number of ether oxygens (including phenoxy) is 3. The summed E-state index contributed by atoms with van der Waals surface area (Å²) in [5, 5.41) is 34.9. The summed E-state index contributed by atoms with van der Waals surface area (Å²) in [6.07, 6.45) is 11.6. The Morgan fingerprint density at radius 1 is 0.556 bits per heavy atom. The number of unbranched alkanes of at least 4 members (excludes halogenated alkanes) is 6. The van der Waals surface area contributed by atoms with Crippen LogP contribution in [0, 0.1) is 0 Å². The van der Waals surface area contributed by atoms with Gasteiger partial charge in [-0.15, -0.1) is 0 Å². The zero-order chi connectivity index (χ0) is 41.3. The number of aliphatic hydroxyl groups is 1. The van der Waals surface area contributed by atoms with Gasteiger partial charge in [0.2, 0.25) is 0 Å². The van der Waals surface area contributed by atoms with E-state index < -0.39 is 48.4 Å². The average molecular weight is 767 g/mol. The molecule has 4 N–H and O–H groups in total. The first-order valence-corrected chi connectivity index (χ1v) is 19.7. The minimum atomic E-state index is -2.83. The SMILES string of the molecule is CC(OC(=O)CC(O)(CC(=O)O)C(=O)O)C(=O)O.CCCCOC(=O)c1c(CCCC)c(CCCC)c(CCCC)c(CCCC)c1C(=O)OCCCC. The van der Waals surface area contributed by atoms with Crippen molar-refractivity contribution in [2.45, 2.75) is 176 Å². The molecule has 0 bridgehead atoms. The molecule has 0 aromatic heterocycles. The Morgan fingerprint density at radius 3 is 1.20 bits per heavy atom. The van der Waals surface area contributed by atoms with Crippen LogP contribution < -0.4 is 0 Å². The maximum Gasteiger partial charge on any atom is 0.344 e. The van der Waals surface area contributed by atoms with E-state index in [0.29, 0.717) is 24.3 Å². The highest BCUT2D eigenvalue weighted by Crippen LogP contribution is 2.35. The van der Waals surface area contributed by atoms with Crippen LogP contribution >= 0.6 is 0 Å². The Bertz CT molecular complexity index is 1290. The topological polar surface area (TPSA) is 211 Å². The normalized spacial score (nSPS) is 12.4. The van der Waals surface area contributed by atoms with Crippen molar-refractivity contribution in [3.63, 3.8) is 0 Å². The molecule has 0 aliphatic heterocycles. The molecule has 1 aromatic rings. The fraction of sp³-hybridized carbons (Fsp3) is 0.707. The molecule has 54 heavy (non-hydrogen) atoms. The summed E-state index contributed by atoms with van der Waals surface area (Å²) >= 11 is 0. The van der Waals surface area contributed by atoms with Crippen LogP contribution in [0.15, 0.2) is 0 Å². The Balaban J connectivity index is 0.00000131. The zero-order valence-electron chi connectivity index (χ0n) is 33.7. The van der Waals surface area contributed by atoms with Crippen LogP contribution in [0.4, 0.5) is 0 Å². The van der Waals surface area contributed by atoms with E-state index >= 15 is 0 Å². The molecule has 2 atom stereocenters. The first-order valence-electron chi connectivity index (χ1n) is 19.7. The van der Waals surface area contributed by atoms with Crippen molar-refractivity contribution in [2.75, 3.05) is 13.2 Å². The highest BCUT2D eigenvalue weighted by molar-refractivity contribution is 6.06. The number of hydrogen-bond acceptors (Lipinski definition) is 10. The molecule has 1 rings (SSSR count). The van der Waals surface area contributed by atoms with E-state index in [-0.39, 0.29) is 11.9 Å². The van der Waals surface area contributed by atoms with Gasteiger partial charge < -0.3 is 34.6 Å². The van der Waals surface area contributed by atoms with E-state index in [1.165, 1.54) is 11.1 Å². The second-order valence-electron chi connectivity index (χ2n) is 13.6. The van der Waals surface area contributed by atoms with Crippen molar-refractivity contribution in [1.29, 1.82) is 0 Å². The number of carboxylic acid groups (broad SMARTS) is 3. The van der Waals surface area contributed by atoms with Crippen molar-refractivity contribution in [3.05, 3.63) is 33.4 Å². The predicted molar refractivity (Wildman–Crippen MR) is 204 cm³/mol. The molecule has 0 fully saturated rings. The molecule has 0 saturated heterocycles. The summed E-state index contributed by atoms with van der Waals surface area (Å²) in [7, 11) is 0. The molecule has 0 amide bonds. The lowest BCUT2D eigenvalue weighted by molar-refractivity contribution is -0.176. The zero-order valence-corrected chi connectivity index (χ0v) is 33.7. The van der Waals surface area contributed by atoms with Crippen molar-refractivity contribution < 1.29 is 63.4 Å². The predicted octanol–water partition coefficient (Wildman–Crippen LogP) is 7.65. The van der Waals surface area contributed by atoms with Gasteiger partial charge in [0.15, 0.2) is 11.7 Å². The van der Waals surface area contributed by atoms with Gasteiger partial charge in [0.25, 0.3) is 0 Å². The lowest BCUT2D eigenvalue weighted by atomic mass is 9.79. The molecular weight excluding hydrogens is 700 g/mol. The monoisotopic (exact) mass is 766 g/mol. The van der Waals surface area contributed by atoms with E-state index in [0.717, 1.165) is 121 Å². The molecule has 308 valence electrons. The minimum Gasteiger partial charge on any atom is -0.481 e. The maximum atomic E-state index is 13.7. The van der Waals surface area contributed by atoms with Crippen molar-refractivity contribution >= 4 is 35.8 Å². The number of carboxylic acids is 3. The van der Waals surface area contributed by atoms with Gasteiger partial charge in [-0.1, -0.05) is 80.1 Å². The lowest BCUT2D eigenvalue weighted by Gasteiger charge is -2.26. The molecule has 2 unspecified atom stereocenters. The Hall–Kier alpha value is -4.00. The molecule has 0 aliphatic rings. The third-order valence-electron chi connectivity index (χ3n) is 8.87. The molecule has 0 radical (unpaired) electrons. The maximum absolute atomic E-state index is 13.7. The lowest BCUT2D eigenvalue weighted by Crippen LogP contribution is -2.43. The second kappa shape index (κ2) is 27.6. The van der Waals surface area contributed by atoms with Crippen LogP contribution in [-0.2, 0) is 59.1 Å². The van der Waals surface area contributed by atoms with E-state index in [9.17, 15) is 33.9 Å². The molecular formula is C41H66O13. The van der Waals surface area contributed by atoms with Crippen molar-refractivity contribution in [1.82, 2.24) is 0 Å². The van der Waals surface area contributed by atoms with E-state index in [2.05, 4.69) is 46.3 Å². The molecule has 13 nitrogen and oxygen atoms in total.